The molecule has 0 aliphatic carbocycles. The molecule has 0 atom stereocenters. The van der Waals surface area contributed by atoms with Crippen molar-refractivity contribution in [2.45, 2.75) is 32.8 Å². The van der Waals surface area contributed by atoms with Crippen LogP contribution in [0.3, 0.4) is 0 Å². The maximum absolute atomic E-state index is 12.4. The molecule has 0 radical (unpaired) electrons. The van der Waals surface area contributed by atoms with Gasteiger partial charge in [-0.2, -0.15) is 0 Å². The Hall–Kier alpha value is -3.29. The van der Waals surface area contributed by atoms with Crippen LogP contribution in [0.4, 0.5) is 16.2 Å². The molecule has 1 aliphatic rings. The normalized spacial score (nSPS) is 13.6. The maximum atomic E-state index is 12.4. The van der Waals surface area contributed by atoms with Gasteiger partial charge < -0.3 is 14.4 Å². The number of hydrogen-bond donors (Lipinski definition) is 0. The monoisotopic (exact) mass is 401 g/mol. The van der Waals surface area contributed by atoms with E-state index in [1.54, 1.807) is 32.9 Å². The van der Waals surface area contributed by atoms with Crippen LogP contribution in [0.1, 0.15) is 26.3 Å². The van der Waals surface area contributed by atoms with Crippen molar-refractivity contribution in [1.29, 1.82) is 0 Å². The van der Waals surface area contributed by atoms with Gasteiger partial charge >= 0.3 is 6.09 Å². The van der Waals surface area contributed by atoms with Crippen LogP contribution in [0.15, 0.2) is 54.6 Å². The van der Waals surface area contributed by atoms with Crippen molar-refractivity contribution in [3.63, 3.8) is 0 Å². The van der Waals surface area contributed by atoms with Crippen molar-refractivity contribution in [3.8, 4) is 0 Å². The molecule has 0 fully saturated rings. The van der Waals surface area contributed by atoms with Gasteiger partial charge in [0.05, 0.1) is 11.5 Å². The molecule has 156 valence electrons. The standard InChI is InChI=1S/C21H27N3O5/c1-21(2,3)29-20(25)23(5)19-15-16(8-9-18(19)24(26)27)11-14-28-17-7-6-12-22(4)13-10-17/h6-10,12-13,15H,11,14H2,1-5H3. The van der Waals surface area contributed by atoms with Gasteiger partial charge in [0.1, 0.15) is 17.0 Å². The molecule has 0 unspecified atom stereocenters. The number of carbonyl (C=O) groups excluding carboxylic acids is 1. The molecule has 1 aliphatic heterocycles. The summed E-state index contributed by atoms with van der Waals surface area (Å²) in [6.45, 7) is 5.61. The molecule has 1 aromatic rings. The zero-order valence-corrected chi connectivity index (χ0v) is 17.4. The number of nitrogens with zero attached hydrogens (tertiary/aromatic N) is 3. The minimum atomic E-state index is -0.700. The van der Waals surface area contributed by atoms with Gasteiger partial charge in [-0.3, -0.25) is 15.0 Å². The van der Waals surface area contributed by atoms with Crippen molar-refractivity contribution in [2.75, 3.05) is 25.6 Å². The summed E-state index contributed by atoms with van der Waals surface area (Å²) >= 11 is 0. The summed E-state index contributed by atoms with van der Waals surface area (Å²) < 4.78 is 11.1. The summed E-state index contributed by atoms with van der Waals surface area (Å²) in [6.07, 6.45) is 9.26. The predicted octanol–water partition coefficient (Wildman–Crippen LogP) is 4.38. The minimum absolute atomic E-state index is 0.161. The SMILES string of the molecule is CN1C=CC=C(OCCc2ccc([N+](=O)[O-])c(N(C)C(=O)OC(C)(C)C)c2)C=C1. The van der Waals surface area contributed by atoms with Gasteiger partial charge in [-0.15, -0.1) is 0 Å². The van der Waals surface area contributed by atoms with Gasteiger partial charge in [0.25, 0.3) is 5.69 Å². The van der Waals surface area contributed by atoms with Crippen molar-refractivity contribution < 1.29 is 19.2 Å². The Kier molecular flexibility index (Phi) is 7.03. The van der Waals surface area contributed by atoms with Crippen LogP contribution in [0.5, 0.6) is 0 Å². The van der Waals surface area contributed by atoms with Crippen molar-refractivity contribution in [1.82, 2.24) is 4.90 Å². The zero-order chi connectivity index (χ0) is 21.6. The van der Waals surface area contributed by atoms with E-state index in [4.69, 9.17) is 9.47 Å². The molecule has 1 amide bonds. The van der Waals surface area contributed by atoms with E-state index in [1.165, 1.54) is 13.1 Å². The lowest BCUT2D eigenvalue weighted by Crippen LogP contribution is -2.34. The predicted molar refractivity (Wildman–Crippen MR) is 112 cm³/mol. The van der Waals surface area contributed by atoms with E-state index in [9.17, 15) is 14.9 Å². The van der Waals surface area contributed by atoms with E-state index in [2.05, 4.69) is 0 Å². The number of carbonyl (C=O) groups is 1. The van der Waals surface area contributed by atoms with Gasteiger partial charge in [-0.1, -0.05) is 6.07 Å². The van der Waals surface area contributed by atoms with Crippen molar-refractivity contribution in [3.05, 3.63) is 70.3 Å². The molecular formula is C21H27N3O5. The van der Waals surface area contributed by atoms with Gasteiger partial charge in [0.2, 0.25) is 0 Å². The number of hydrogen-bond acceptors (Lipinski definition) is 6. The smallest absolute Gasteiger partial charge is 0.414 e. The molecule has 0 N–H and O–H groups in total. The van der Waals surface area contributed by atoms with E-state index in [0.717, 1.165) is 16.2 Å². The molecule has 1 heterocycles. The third kappa shape index (κ3) is 6.67. The van der Waals surface area contributed by atoms with Crippen LogP contribution < -0.4 is 4.90 Å². The fraction of sp³-hybridized carbons (Fsp3) is 0.381. The molecular weight excluding hydrogens is 374 g/mol. The van der Waals surface area contributed by atoms with Crippen LogP contribution in [-0.2, 0) is 15.9 Å². The highest BCUT2D eigenvalue weighted by atomic mass is 16.6. The first-order valence-electron chi connectivity index (χ1n) is 9.22. The summed E-state index contributed by atoms with van der Waals surface area (Å²) in [6, 6.07) is 4.68. The second-order valence-electron chi connectivity index (χ2n) is 7.61. The van der Waals surface area contributed by atoms with Gasteiger partial charge in [-0.25, -0.2) is 4.79 Å². The number of anilines is 1. The third-order valence-corrected chi connectivity index (χ3v) is 3.98. The first-order chi connectivity index (χ1) is 13.6. The quantitative estimate of drug-likeness (QED) is 0.519. The molecule has 0 saturated heterocycles. The summed E-state index contributed by atoms with van der Waals surface area (Å²) in [5.41, 5.74) is 0.131. The largest absolute Gasteiger partial charge is 0.493 e. The van der Waals surface area contributed by atoms with Gasteiger partial charge in [-0.05, 0) is 50.6 Å². The molecule has 0 spiro atoms. The molecule has 8 nitrogen and oxygen atoms in total. The number of nitro benzene ring substituents is 1. The number of benzene rings is 1. The van der Waals surface area contributed by atoms with Crippen LogP contribution in [0.25, 0.3) is 0 Å². The van der Waals surface area contributed by atoms with E-state index in [-0.39, 0.29) is 11.4 Å². The van der Waals surface area contributed by atoms with E-state index in [0.29, 0.717) is 13.0 Å². The third-order valence-electron chi connectivity index (χ3n) is 3.98. The number of ether oxygens (including phenoxy) is 2. The molecule has 0 bridgehead atoms. The summed E-state index contributed by atoms with van der Waals surface area (Å²) in [5, 5.41) is 11.4. The van der Waals surface area contributed by atoms with Crippen LogP contribution in [0, 0.1) is 10.1 Å². The topological polar surface area (TPSA) is 85.2 Å². The molecule has 1 aromatic carbocycles. The van der Waals surface area contributed by atoms with Crippen molar-refractivity contribution in [2.24, 2.45) is 0 Å². The molecule has 2 rings (SSSR count). The van der Waals surface area contributed by atoms with Gasteiger partial charge in [0, 0.05) is 39.0 Å². The number of amides is 1. The first kappa shape index (κ1) is 22.0. The van der Waals surface area contributed by atoms with E-state index >= 15 is 0 Å². The van der Waals surface area contributed by atoms with E-state index in [1.807, 2.05) is 42.6 Å². The fourth-order valence-electron chi connectivity index (χ4n) is 2.53. The summed E-state index contributed by atoms with van der Waals surface area (Å²) in [5.74, 6) is 0.721. The Balaban J connectivity index is 2.12. The second-order valence-corrected chi connectivity index (χ2v) is 7.61. The molecule has 0 aromatic heterocycles. The molecule has 0 saturated carbocycles. The lowest BCUT2D eigenvalue weighted by atomic mass is 10.1. The first-order valence-corrected chi connectivity index (χ1v) is 9.22. The Bertz CT molecular complexity index is 852. The highest BCUT2D eigenvalue weighted by Crippen LogP contribution is 2.30. The number of nitro groups is 1. The lowest BCUT2D eigenvalue weighted by Gasteiger charge is -2.24. The summed E-state index contributed by atoms with van der Waals surface area (Å²) in [4.78, 5) is 26.3. The number of rotatable bonds is 6. The Morgan fingerprint density at radius 1 is 1.28 bits per heavy atom. The van der Waals surface area contributed by atoms with Crippen LogP contribution >= 0.6 is 0 Å². The average Bonchev–Trinajstić information content (AvgIpc) is 2.83. The fourth-order valence-corrected chi connectivity index (χ4v) is 2.53. The maximum Gasteiger partial charge on any atom is 0.414 e. The average molecular weight is 401 g/mol. The second kappa shape index (κ2) is 9.27. The summed E-state index contributed by atoms with van der Waals surface area (Å²) in [7, 11) is 3.38. The Morgan fingerprint density at radius 3 is 2.66 bits per heavy atom. The Morgan fingerprint density at radius 2 is 2.00 bits per heavy atom. The molecule has 8 heteroatoms. The lowest BCUT2D eigenvalue weighted by molar-refractivity contribution is -0.384. The van der Waals surface area contributed by atoms with Crippen molar-refractivity contribution >= 4 is 17.5 Å². The number of allylic oxidation sites excluding steroid dienone is 3. The Labute approximate surface area is 170 Å². The van der Waals surface area contributed by atoms with Gasteiger partial charge in [0.15, 0.2) is 0 Å². The highest BCUT2D eigenvalue weighted by molar-refractivity contribution is 5.90. The molecule has 29 heavy (non-hydrogen) atoms. The highest BCUT2D eigenvalue weighted by Gasteiger charge is 2.26. The van der Waals surface area contributed by atoms with Crippen LogP contribution in [0.2, 0.25) is 0 Å². The van der Waals surface area contributed by atoms with Crippen LogP contribution in [-0.4, -0.2) is 42.2 Å². The minimum Gasteiger partial charge on any atom is -0.493 e. The van der Waals surface area contributed by atoms with E-state index < -0.39 is 16.6 Å². The zero-order valence-electron chi connectivity index (χ0n) is 17.4.